The number of hydrogen-bond acceptors (Lipinski definition) is 3. The maximum atomic E-state index is 6.14. The van der Waals surface area contributed by atoms with E-state index in [9.17, 15) is 0 Å². The molecule has 1 unspecified atom stereocenters. The maximum Gasteiger partial charge on any atom is 0.123 e. The van der Waals surface area contributed by atoms with Crippen LogP contribution >= 0.6 is 11.6 Å². The zero-order valence-electron chi connectivity index (χ0n) is 12.5. The molecule has 1 atom stereocenters. The van der Waals surface area contributed by atoms with Crippen LogP contribution in [-0.2, 0) is 6.42 Å². The highest BCUT2D eigenvalue weighted by Gasteiger charge is 2.16. The Morgan fingerprint density at radius 2 is 2.19 bits per heavy atom. The number of benzene rings is 1. The minimum absolute atomic E-state index is 0.212. The normalized spacial score (nSPS) is 12.1. The van der Waals surface area contributed by atoms with Gasteiger partial charge in [-0.15, -0.1) is 0 Å². The Morgan fingerprint density at radius 3 is 2.86 bits per heavy atom. The van der Waals surface area contributed by atoms with Crippen LogP contribution in [0.2, 0.25) is 5.02 Å². The summed E-state index contributed by atoms with van der Waals surface area (Å²) in [5.74, 6) is 0.872. The van der Waals surface area contributed by atoms with Gasteiger partial charge in [-0.2, -0.15) is 0 Å². The van der Waals surface area contributed by atoms with Gasteiger partial charge in [0.05, 0.1) is 7.11 Å². The zero-order chi connectivity index (χ0) is 15.1. The van der Waals surface area contributed by atoms with Crippen LogP contribution < -0.4 is 10.1 Å². The van der Waals surface area contributed by atoms with Crippen molar-refractivity contribution in [3.8, 4) is 5.75 Å². The summed E-state index contributed by atoms with van der Waals surface area (Å²) in [5.41, 5.74) is 2.34. The van der Waals surface area contributed by atoms with Crippen molar-refractivity contribution in [3.63, 3.8) is 0 Å². The second-order valence-corrected chi connectivity index (χ2v) is 5.33. The largest absolute Gasteiger partial charge is 0.496 e. The van der Waals surface area contributed by atoms with E-state index in [1.807, 2.05) is 30.5 Å². The first-order chi connectivity index (χ1) is 10.2. The highest BCUT2D eigenvalue weighted by molar-refractivity contribution is 6.30. The molecule has 1 aromatic carbocycles. The zero-order valence-corrected chi connectivity index (χ0v) is 13.2. The number of halogens is 1. The number of rotatable bonds is 7. The number of hydrogen-bond donors (Lipinski definition) is 1. The Morgan fingerprint density at radius 1 is 1.33 bits per heavy atom. The fourth-order valence-electron chi connectivity index (χ4n) is 2.45. The second kappa shape index (κ2) is 8.01. The van der Waals surface area contributed by atoms with Gasteiger partial charge in [0.15, 0.2) is 0 Å². The fraction of sp³-hybridized carbons (Fsp3) is 0.353. The third-order valence-corrected chi connectivity index (χ3v) is 3.70. The monoisotopic (exact) mass is 304 g/mol. The lowest BCUT2D eigenvalue weighted by atomic mass is 9.98. The Labute approximate surface area is 131 Å². The van der Waals surface area contributed by atoms with E-state index >= 15 is 0 Å². The first kappa shape index (κ1) is 15.8. The van der Waals surface area contributed by atoms with E-state index in [1.165, 1.54) is 5.56 Å². The predicted molar refractivity (Wildman–Crippen MR) is 87.0 cm³/mol. The van der Waals surface area contributed by atoms with Gasteiger partial charge in [0.1, 0.15) is 5.75 Å². The van der Waals surface area contributed by atoms with E-state index in [1.54, 1.807) is 13.3 Å². The third-order valence-electron chi connectivity index (χ3n) is 3.46. The summed E-state index contributed by atoms with van der Waals surface area (Å²) in [5, 5.41) is 4.24. The molecule has 0 radical (unpaired) electrons. The van der Waals surface area contributed by atoms with Crippen LogP contribution in [-0.4, -0.2) is 18.6 Å². The quantitative estimate of drug-likeness (QED) is 0.838. The molecule has 0 bridgehead atoms. The number of nitrogens with one attached hydrogen (secondary N) is 1. The first-order valence-electron chi connectivity index (χ1n) is 7.20. The molecule has 4 heteroatoms. The molecule has 1 aromatic heterocycles. The van der Waals surface area contributed by atoms with Crippen molar-refractivity contribution in [2.45, 2.75) is 25.8 Å². The molecular formula is C17H21ClN2O. The van der Waals surface area contributed by atoms with E-state index in [-0.39, 0.29) is 6.04 Å². The van der Waals surface area contributed by atoms with E-state index in [0.29, 0.717) is 0 Å². The predicted octanol–water partition coefficient (Wildman–Crippen LogP) is 4.03. The minimum Gasteiger partial charge on any atom is -0.496 e. The summed E-state index contributed by atoms with van der Waals surface area (Å²) in [6.45, 7) is 3.00. The fourth-order valence-corrected chi connectivity index (χ4v) is 2.63. The molecule has 0 aliphatic carbocycles. The highest BCUT2D eigenvalue weighted by atomic mass is 35.5. The number of pyridine rings is 1. The molecule has 1 N–H and O–H groups in total. The van der Waals surface area contributed by atoms with Crippen molar-refractivity contribution >= 4 is 11.6 Å². The molecule has 112 valence electrons. The van der Waals surface area contributed by atoms with Gasteiger partial charge < -0.3 is 10.1 Å². The Balaban J connectivity index is 2.16. The van der Waals surface area contributed by atoms with Gasteiger partial charge in [-0.1, -0.05) is 24.6 Å². The summed E-state index contributed by atoms with van der Waals surface area (Å²) in [6.07, 6.45) is 5.64. The molecule has 21 heavy (non-hydrogen) atoms. The average Bonchev–Trinajstić information content (AvgIpc) is 2.52. The summed E-state index contributed by atoms with van der Waals surface area (Å²) in [4.78, 5) is 4.16. The smallest absolute Gasteiger partial charge is 0.123 e. The van der Waals surface area contributed by atoms with Crippen molar-refractivity contribution in [2.75, 3.05) is 13.7 Å². The lowest BCUT2D eigenvalue weighted by Gasteiger charge is -2.21. The molecule has 0 spiro atoms. The topological polar surface area (TPSA) is 34.2 Å². The Kier molecular flexibility index (Phi) is 6.03. The van der Waals surface area contributed by atoms with E-state index < -0.39 is 0 Å². The molecule has 0 amide bonds. The van der Waals surface area contributed by atoms with E-state index in [0.717, 1.165) is 35.7 Å². The number of aromatic nitrogens is 1. The summed E-state index contributed by atoms with van der Waals surface area (Å²) >= 11 is 6.14. The lowest BCUT2D eigenvalue weighted by molar-refractivity contribution is 0.396. The number of aryl methyl sites for hydroxylation is 1. The summed E-state index contributed by atoms with van der Waals surface area (Å²) in [6, 6.07) is 10.0. The van der Waals surface area contributed by atoms with Gasteiger partial charge in [-0.05, 0) is 49.2 Å². The van der Waals surface area contributed by atoms with Crippen molar-refractivity contribution in [1.82, 2.24) is 10.3 Å². The molecule has 0 fully saturated rings. The number of ether oxygens (including phenoxy) is 1. The van der Waals surface area contributed by atoms with Gasteiger partial charge in [-0.3, -0.25) is 4.98 Å². The molecule has 0 saturated heterocycles. The van der Waals surface area contributed by atoms with Gasteiger partial charge in [0.2, 0.25) is 0 Å². The standard InChI is InChI=1S/C17H21ClN2O/c1-3-20-16(8-6-13-5-4-10-19-12-13)15-11-14(18)7-9-17(15)21-2/h4-5,7,9-12,16,20H,3,6,8H2,1-2H3. The van der Waals surface area contributed by atoms with Crippen molar-refractivity contribution in [2.24, 2.45) is 0 Å². The molecule has 1 heterocycles. The molecule has 0 aliphatic rings. The molecule has 2 rings (SSSR count). The van der Waals surface area contributed by atoms with Gasteiger partial charge in [-0.25, -0.2) is 0 Å². The van der Waals surface area contributed by atoms with Gasteiger partial charge in [0.25, 0.3) is 0 Å². The molecule has 0 saturated carbocycles. The number of methoxy groups -OCH3 is 1. The summed E-state index contributed by atoms with van der Waals surface area (Å²) in [7, 11) is 1.69. The molecule has 0 aliphatic heterocycles. The minimum atomic E-state index is 0.212. The van der Waals surface area contributed by atoms with E-state index in [4.69, 9.17) is 16.3 Å². The SMILES string of the molecule is CCNC(CCc1cccnc1)c1cc(Cl)ccc1OC. The van der Waals surface area contributed by atoms with Crippen molar-refractivity contribution < 1.29 is 4.74 Å². The van der Waals surface area contributed by atoms with Crippen LogP contribution in [0.3, 0.4) is 0 Å². The first-order valence-corrected chi connectivity index (χ1v) is 7.58. The van der Waals surface area contributed by atoms with Crippen molar-refractivity contribution in [1.29, 1.82) is 0 Å². The van der Waals surface area contributed by atoms with E-state index in [2.05, 4.69) is 23.3 Å². The number of nitrogens with zero attached hydrogens (tertiary/aromatic N) is 1. The van der Waals surface area contributed by atoms with Crippen LogP contribution in [0.25, 0.3) is 0 Å². The van der Waals surface area contributed by atoms with Gasteiger partial charge in [0, 0.05) is 29.0 Å². The molecule has 2 aromatic rings. The van der Waals surface area contributed by atoms with Crippen molar-refractivity contribution in [3.05, 3.63) is 58.9 Å². The third kappa shape index (κ3) is 4.45. The van der Waals surface area contributed by atoms with Crippen LogP contribution in [0.15, 0.2) is 42.7 Å². The Bertz CT molecular complexity index is 560. The van der Waals surface area contributed by atoms with Crippen LogP contribution in [0.1, 0.15) is 30.5 Å². The molecule has 3 nitrogen and oxygen atoms in total. The average molecular weight is 305 g/mol. The van der Waals surface area contributed by atoms with Gasteiger partial charge >= 0.3 is 0 Å². The second-order valence-electron chi connectivity index (χ2n) is 4.90. The van der Waals surface area contributed by atoms with Crippen LogP contribution in [0.5, 0.6) is 5.75 Å². The summed E-state index contributed by atoms with van der Waals surface area (Å²) < 4.78 is 5.47. The van der Waals surface area contributed by atoms with Crippen LogP contribution in [0, 0.1) is 0 Å². The van der Waals surface area contributed by atoms with Crippen LogP contribution in [0.4, 0.5) is 0 Å². The Hall–Kier alpha value is -1.58. The highest BCUT2D eigenvalue weighted by Crippen LogP contribution is 2.30. The molecular weight excluding hydrogens is 284 g/mol. The maximum absolute atomic E-state index is 6.14. The lowest BCUT2D eigenvalue weighted by Crippen LogP contribution is -2.22.